The van der Waals surface area contributed by atoms with Gasteiger partial charge in [0.05, 0.1) is 11.5 Å². The van der Waals surface area contributed by atoms with E-state index < -0.39 is 20.0 Å². The lowest BCUT2D eigenvalue weighted by atomic mass is 10.2. The van der Waals surface area contributed by atoms with Crippen molar-refractivity contribution in [1.82, 2.24) is 14.0 Å². The molecule has 3 rings (SSSR count). The number of sulfonamides is 2. The highest BCUT2D eigenvalue weighted by Crippen LogP contribution is 2.23. The highest BCUT2D eigenvalue weighted by Gasteiger charge is 2.29. The van der Waals surface area contributed by atoms with Crippen molar-refractivity contribution in [3.8, 4) is 5.75 Å². The Morgan fingerprint density at radius 2 is 1.61 bits per heavy atom. The van der Waals surface area contributed by atoms with Crippen LogP contribution >= 0.6 is 0 Å². The maximum atomic E-state index is 13.0. The second kappa shape index (κ2) is 10.8. The van der Waals surface area contributed by atoms with E-state index in [0.29, 0.717) is 44.4 Å². The number of rotatable bonds is 10. The van der Waals surface area contributed by atoms with Gasteiger partial charge in [-0.3, -0.25) is 0 Å². The van der Waals surface area contributed by atoms with E-state index in [4.69, 9.17) is 4.74 Å². The topological polar surface area (TPSA) is 109 Å². The summed E-state index contributed by atoms with van der Waals surface area (Å²) in [6.45, 7) is 7.77. The van der Waals surface area contributed by atoms with Gasteiger partial charge in [0.25, 0.3) is 0 Å². The predicted molar refractivity (Wildman–Crippen MR) is 128 cm³/mol. The Bertz CT molecular complexity index is 1110. The maximum Gasteiger partial charge on any atom is 0.243 e. The zero-order chi connectivity index (χ0) is 24.1. The van der Waals surface area contributed by atoms with E-state index >= 15 is 0 Å². The third kappa shape index (κ3) is 6.23. The molecule has 1 aromatic heterocycles. The molecule has 2 heterocycles. The lowest BCUT2D eigenvalue weighted by molar-refractivity contribution is 0.340. The van der Waals surface area contributed by atoms with Crippen LogP contribution in [0.1, 0.15) is 33.6 Å². The molecule has 9 nitrogen and oxygen atoms in total. The molecule has 0 saturated carbocycles. The molecule has 0 amide bonds. The highest BCUT2D eigenvalue weighted by molar-refractivity contribution is 7.89. The van der Waals surface area contributed by atoms with Gasteiger partial charge in [-0.2, -0.15) is 4.31 Å². The molecule has 2 aromatic rings. The van der Waals surface area contributed by atoms with Gasteiger partial charge in [0.1, 0.15) is 16.5 Å². The highest BCUT2D eigenvalue weighted by atomic mass is 32.2. The summed E-state index contributed by atoms with van der Waals surface area (Å²) in [6.07, 6.45) is 3.00. The third-order valence-corrected chi connectivity index (χ3v) is 8.93. The van der Waals surface area contributed by atoms with Crippen LogP contribution in [0.4, 0.5) is 5.82 Å². The van der Waals surface area contributed by atoms with E-state index in [-0.39, 0.29) is 15.8 Å². The summed E-state index contributed by atoms with van der Waals surface area (Å²) in [5.41, 5.74) is 0. The zero-order valence-corrected chi connectivity index (χ0v) is 20.9. The molecule has 1 saturated heterocycles. The van der Waals surface area contributed by atoms with Crippen LogP contribution in [0.25, 0.3) is 0 Å². The van der Waals surface area contributed by atoms with E-state index in [1.54, 1.807) is 30.3 Å². The molecular weight excluding hydrogens is 464 g/mol. The van der Waals surface area contributed by atoms with E-state index in [1.165, 1.54) is 16.6 Å². The summed E-state index contributed by atoms with van der Waals surface area (Å²) >= 11 is 0. The summed E-state index contributed by atoms with van der Waals surface area (Å²) in [6, 6.07) is 9.48. The van der Waals surface area contributed by atoms with Crippen LogP contribution in [0, 0.1) is 0 Å². The average Bonchev–Trinajstić information content (AvgIpc) is 2.80. The largest absolute Gasteiger partial charge is 0.494 e. The molecule has 1 N–H and O–H groups in total. The summed E-state index contributed by atoms with van der Waals surface area (Å²) in [5.74, 6) is 1.25. The molecule has 1 fully saturated rings. The number of pyridine rings is 1. The zero-order valence-electron chi connectivity index (χ0n) is 19.3. The molecule has 1 aromatic carbocycles. The van der Waals surface area contributed by atoms with Crippen molar-refractivity contribution in [3.05, 3.63) is 42.6 Å². The lowest BCUT2D eigenvalue weighted by Crippen LogP contribution is -2.48. The van der Waals surface area contributed by atoms with Crippen LogP contribution in [-0.2, 0) is 20.0 Å². The normalized spacial score (nSPS) is 16.5. The Morgan fingerprint density at radius 1 is 0.970 bits per heavy atom. The fraction of sp³-hybridized carbons (Fsp3) is 0.500. The van der Waals surface area contributed by atoms with Gasteiger partial charge < -0.3 is 9.64 Å². The van der Waals surface area contributed by atoms with Crippen molar-refractivity contribution in [2.75, 3.05) is 37.7 Å². The smallest absolute Gasteiger partial charge is 0.243 e. The monoisotopic (exact) mass is 496 g/mol. The predicted octanol–water partition coefficient (Wildman–Crippen LogP) is 2.46. The molecule has 0 radical (unpaired) electrons. The number of aromatic nitrogens is 1. The van der Waals surface area contributed by atoms with E-state index in [9.17, 15) is 16.8 Å². The summed E-state index contributed by atoms with van der Waals surface area (Å²) in [7, 11) is -7.22. The average molecular weight is 497 g/mol. The summed E-state index contributed by atoms with van der Waals surface area (Å²) in [4.78, 5) is 6.62. The number of hydrogen-bond donors (Lipinski definition) is 1. The molecule has 182 valence electrons. The van der Waals surface area contributed by atoms with Gasteiger partial charge in [-0.1, -0.05) is 13.3 Å². The van der Waals surface area contributed by atoms with Crippen LogP contribution < -0.4 is 14.4 Å². The first kappa shape index (κ1) is 25.4. The number of ether oxygens (including phenoxy) is 1. The molecule has 0 spiro atoms. The summed E-state index contributed by atoms with van der Waals surface area (Å²) < 4.78 is 60.4. The number of benzene rings is 1. The van der Waals surface area contributed by atoms with E-state index in [1.807, 2.05) is 25.7 Å². The Kier molecular flexibility index (Phi) is 8.33. The molecule has 1 aliphatic rings. The van der Waals surface area contributed by atoms with Gasteiger partial charge in [0.15, 0.2) is 0 Å². The van der Waals surface area contributed by atoms with Crippen LogP contribution in [0.3, 0.4) is 0 Å². The van der Waals surface area contributed by atoms with Crippen LogP contribution in [0.5, 0.6) is 5.75 Å². The minimum absolute atomic E-state index is 0.117. The minimum Gasteiger partial charge on any atom is -0.494 e. The van der Waals surface area contributed by atoms with Gasteiger partial charge >= 0.3 is 0 Å². The second-order valence-electron chi connectivity index (χ2n) is 7.96. The maximum absolute atomic E-state index is 13.0. The number of piperazine rings is 1. The van der Waals surface area contributed by atoms with Crippen molar-refractivity contribution in [3.63, 3.8) is 0 Å². The van der Waals surface area contributed by atoms with Crippen molar-refractivity contribution >= 4 is 25.9 Å². The van der Waals surface area contributed by atoms with E-state index in [0.717, 1.165) is 12.8 Å². The Morgan fingerprint density at radius 3 is 2.15 bits per heavy atom. The minimum atomic E-state index is -3.62. The second-order valence-corrected chi connectivity index (χ2v) is 11.6. The third-order valence-electron chi connectivity index (χ3n) is 5.44. The molecule has 0 aliphatic carbocycles. The van der Waals surface area contributed by atoms with Crippen LogP contribution in [0.2, 0.25) is 0 Å². The fourth-order valence-corrected chi connectivity index (χ4v) is 6.37. The first-order valence-electron chi connectivity index (χ1n) is 11.1. The lowest BCUT2D eigenvalue weighted by Gasteiger charge is -2.34. The first-order valence-corrected chi connectivity index (χ1v) is 14.1. The van der Waals surface area contributed by atoms with Gasteiger partial charge in [-0.15, -0.1) is 0 Å². The van der Waals surface area contributed by atoms with Gasteiger partial charge in [0.2, 0.25) is 20.0 Å². The SMILES string of the molecule is CCCC(C)NS(=O)(=O)c1ccc(N2CCN(S(=O)(=O)c3ccc(OCC)cc3)CC2)nc1. The fourth-order valence-electron chi connectivity index (χ4n) is 3.72. The quantitative estimate of drug-likeness (QED) is 0.538. The van der Waals surface area contributed by atoms with Gasteiger partial charge in [0, 0.05) is 38.4 Å². The van der Waals surface area contributed by atoms with Crippen molar-refractivity contribution in [2.45, 2.75) is 49.4 Å². The van der Waals surface area contributed by atoms with Crippen molar-refractivity contribution in [1.29, 1.82) is 0 Å². The van der Waals surface area contributed by atoms with Crippen molar-refractivity contribution < 1.29 is 21.6 Å². The molecular formula is C22H32N4O5S2. The molecule has 11 heteroatoms. The van der Waals surface area contributed by atoms with Crippen LogP contribution in [-0.4, -0.2) is 65.0 Å². The number of nitrogens with one attached hydrogen (secondary N) is 1. The standard InChI is InChI=1S/C22H32N4O5S2/c1-4-6-18(3)24-32(27,28)21-11-12-22(23-17-21)25-13-15-26(16-14-25)33(29,30)20-9-7-19(8-10-20)31-5-2/h7-12,17-18,24H,4-6,13-16H2,1-3H3. The van der Waals surface area contributed by atoms with Crippen LogP contribution in [0.15, 0.2) is 52.4 Å². The molecule has 1 atom stereocenters. The van der Waals surface area contributed by atoms with Gasteiger partial charge in [-0.05, 0) is 56.7 Å². The Hall–Kier alpha value is -2.21. The number of hydrogen-bond acceptors (Lipinski definition) is 7. The Labute approximate surface area is 196 Å². The molecule has 1 aliphatic heterocycles. The number of nitrogens with zero attached hydrogens (tertiary/aromatic N) is 3. The Balaban J connectivity index is 1.62. The molecule has 33 heavy (non-hydrogen) atoms. The number of anilines is 1. The first-order chi connectivity index (χ1) is 15.7. The summed E-state index contributed by atoms with van der Waals surface area (Å²) in [5, 5.41) is 0. The molecule has 1 unspecified atom stereocenters. The van der Waals surface area contributed by atoms with Crippen molar-refractivity contribution in [2.24, 2.45) is 0 Å². The van der Waals surface area contributed by atoms with E-state index in [2.05, 4.69) is 9.71 Å². The molecule has 0 bridgehead atoms. The van der Waals surface area contributed by atoms with Gasteiger partial charge in [-0.25, -0.2) is 26.5 Å².